The second-order valence-electron chi connectivity index (χ2n) is 6.83. The van der Waals surface area contributed by atoms with E-state index in [9.17, 15) is 0 Å². The highest BCUT2D eigenvalue weighted by Gasteiger charge is 2.24. The molecular weight excluding hydrogens is 296 g/mol. The quantitative estimate of drug-likeness (QED) is 0.821. The maximum absolute atomic E-state index is 6.46. The largest absolute Gasteiger partial charge is 0.372 e. The summed E-state index contributed by atoms with van der Waals surface area (Å²) in [6.45, 7) is 6.43. The van der Waals surface area contributed by atoms with Crippen LogP contribution in [0.2, 0.25) is 0 Å². The van der Waals surface area contributed by atoms with Crippen molar-refractivity contribution in [2.45, 2.75) is 52.0 Å². The Morgan fingerprint density at radius 1 is 1.12 bits per heavy atom. The number of benzene rings is 1. The van der Waals surface area contributed by atoms with Gasteiger partial charge in [-0.15, -0.1) is 0 Å². The molecule has 1 aliphatic rings. The molecule has 24 heavy (non-hydrogen) atoms. The Bertz CT molecular complexity index is 621. The van der Waals surface area contributed by atoms with E-state index in [1.807, 2.05) is 6.20 Å². The van der Waals surface area contributed by atoms with Gasteiger partial charge in [0.15, 0.2) is 0 Å². The Balaban J connectivity index is 1.72. The fourth-order valence-corrected chi connectivity index (χ4v) is 3.81. The molecule has 3 N–H and O–H groups in total. The van der Waals surface area contributed by atoms with Crippen LogP contribution in [0.3, 0.4) is 0 Å². The third-order valence-corrected chi connectivity index (χ3v) is 5.38. The Morgan fingerprint density at radius 3 is 2.42 bits per heavy atom. The molecule has 0 amide bonds. The molecule has 1 aromatic heterocycles. The first-order valence-electron chi connectivity index (χ1n) is 9.38. The summed E-state index contributed by atoms with van der Waals surface area (Å²) in [7, 11) is 0. The summed E-state index contributed by atoms with van der Waals surface area (Å²) in [5, 5.41) is 0. The van der Waals surface area contributed by atoms with E-state index in [0.29, 0.717) is 5.92 Å². The molecule has 0 spiro atoms. The molecule has 2 aromatic rings. The van der Waals surface area contributed by atoms with Crippen molar-refractivity contribution in [1.82, 2.24) is 9.97 Å². The molecule has 0 aliphatic heterocycles. The van der Waals surface area contributed by atoms with Crippen molar-refractivity contribution < 1.29 is 0 Å². The minimum absolute atomic E-state index is 0.0361. The number of imidazole rings is 1. The number of anilines is 1. The van der Waals surface area contributed by atoms with Crippen LogP contribution in [0.4, 0.5) is 5.69 Å². The van der Waals surface area contributed by atoms with Crippen LogP contribution in [-0.2, 0) is 0 Å². The molecule has 0 bridgehead atoms. The van der Waals surface area contributed by atoms with Gasteiger partial charge >= 0.3 is 0 Å². The summed E-state index contributed by atoms with van der Waals surface area (Å²) < 4.78 is 0. The number of H-pyrrole nitrogens is 1. The number of aromatic nitrogens is 2. The number of hydrogen-bond acceptors (Lipinski definition) is 3. The molecule has 1 atom stereocenters. The molecular formula is C20H30N4. The predicted molar refractivity (Wildman–Crippen MR) is 101 cm³/mol. The zero-order valence-electron chi connectivity index (χ0n) is 15.0. The Hall–Kier alpha value is -1.81. The summed E-state index contributed by atoms with van der Waals surface area (Å²) >= 11 is 0. The molecule has 4 nitrogen and oxygen atoms in total. The van der Waals surface area contributed by atoms with E-state index in [4.69, 9.17) is 5.73 Å². The first-order valence-corrected chi connectivity index (χ1v) is 9.38. The monoisotopic (exact) mass is 326 g/mol. The van der Waals surface area contributed by atoms with Gasteiger partial charge in [0, 0.05) is 18.8 Å². The Labute approximate surface area is 145 Å². The van der Waals surface area contributed by atoms with Gasteiger partial charge < -0.3 is 15.6 Å². The van der Waals surface area contributed by atoms with Gasteiger partial charge in [-0.3, -0.25) is 0 Å². The maximum atomic E-state index is 6.46. The lowest BCUT2D eigenvalue weighted by atomic mass is 9.84. The smallest absolute Gasteiger partial charge is 0.123 e. The van der Waals surface area contributed by atoms with Crippen LogP contribution in [0.25, 0.3) is 11.3 Å². The van der Waals surface area contributed by atoms with E-state index >= 15 is 0 Å². The van der Waals surface area contributed by atoms with Gasteiger partial charge in [0.25, 0.3) is 0 Å². The normalized spacial score (nSPS) is 17.0. The molecule has 1 heterocycles. The zero-order chi connectivity index (χ0) is 16.9. The third kappa shape index (κ3) is 3.64. The second kappa shape index (κ2) is 7.84. The second-order valence-corrected chi connectivity index (χ2v) is 6.83. The highest BCUT2D eigenvalue weighted by atomic mass is 15.1. The van der Waals surface area contributed by atoms with Crippen molar-refractivity contribution in [2.24, 2.45) is 11.7 Å². The number of hydrogen-bond donors (Lipinski definition) is 2. The minimum atomic E-state index is 0.0361. The number of nitrogens with zero attached hydrogens (tertiary/aromatic N) is 2. The van der Waals surface area contributed by atoms with Gasteiger partial charge in [0.2, 0.25) is 0 Å². The summed E-state index contributed by atoms with van der Waals surface area (Å²) in [6.07, 6.45) is 8.35. The van der Waals surface area contributed by atoms with Crippen LogP contribution in [-0.4, -0.2) is 23.1 Å². The first kappa shape index (κ1) is 17.0. The van der Waals surface area contributed by atoms with Crippen molar-refractivity contribution >= 4 is 5.69 Å². The standard InChI is InChI=1S/C20H30N4/c1-3-24(4-2)17-12-10-15(11-13-17)18-14-22-20(23-18)19(21)16-8-6-5-7-9-16/h10-14,16,19H,3-9,21H2,1-2H3,(H,22,23). The molecule has 1 aromatic carbocycles. The predicted octanol–water partition coefficient (Wildman–Crippen LogP) is 4.50. The molecule has 4 heteroatoms. The van der Waals surface area contributed by atoms with Gasteiger partial charge in [0.05, 0.1) is 17.9 Å². The van der Waals surface area contributed by atoms with Crippen LogP contribution < -0.4 is 10.6 Å². The number of nitrogens with one attached hydrogen (secondary N) is 1. The molecule has 1 fully saturated rings. The van der Waals surface area contributed by atoms with Gasteiger partial charge in [-0.1, -0.05) is 31.4 Å². The summed E-state index contributed by atoms with van der Waals surface area (Å²) in [5.74, 6) is 1.51. The number of rotatable bonds is 6. The van der Waals surface area contributed by atoms with E-state index in [1.165, 1.54) is 43.4 Å². The van der Waals surface area contributed by atoms with Crippen LogP contribution in [0.1, 0.15) is 57.8 Å². The number of aromatic amines is 1. The first-order chi connectivity index (χ1) is 11.7. The molecule has 1 unspecified atom stereocenters. The molecule has 1 aliphatic carbocycles. The molecule has 3 rings (SSSR count). The van der Waals surface area contributed by atoms with Crippen LogP contribution >= 0.6 is 0 Å². The van der Waals surface area contributed by atoms with Crippen molar-refractivity contribution in [3.05, 3.63) is 36.3 Å². The van der Waals surface area contributed by atoms with Gasteiger partial charge in [-0.25, -0.2) is 4.98 Å². The lowest BCUT2D eigenvalue weighted by Crippen LogP contribution is -2.24. The fourth-order valence-electron chi connectivity index (χ4n) is 3.81. The van der Waals surface area contributed by atoms with Crippen LogP contribution in [0.15, 0.2) is 30.5 Å². The van der Waals surface area contributed by atoms with Crippen molar-refractivity contribution in [3.63, 3.8) is 0 Å². The average molecular weight is 326 g/mol. The molecule has 0 radical (unpaired) electrons. The van der Waals surface area contributed by atoms with Gasteiger partial charge in [0.1, 0.15) is 5.82 Å². The minimum Gasteiger partial charge on any atom is -0.372 e. The molecule has 1 saturated carbocycles. The van der Waals surface area contributed by atoms with E-state index in [1.54, 1.807) is 0 Å². The SMILES string of the molecule is CCN(CC)c1ccc(-c2cnc(C(N)C3CCCCC3)[nH]2)cc1. The zero-order valence-corrected chi connectivity index (χ0v) is 15.0. The average Bonchev–Trinajstić information content (AvgIpc) is 3.13. The van der Waals surface area contributed by atoms with E-state index in [-0.39, 0.29) is 6.04 Å². The van der Waals surface area contributed by atoms with E-state index in [2.05, 4.69) is 53.0 Å². The summed E-state index contributed by atoms with van der Waals surface area (Å²) in [5.41, 5.74) is 9.95. The van der Waals surface area contributed by atoms with E-state index in [0.717, 1.165) is 24.6 Å². The lowest BCUT2D eigenvalue weighted by molar-refractivity contribution is 0.302. The highest BCUT2D eigenvalue weighted by Crippen LogP contribution is 2.32. The third-order valence-electron chi connectivity index (χ3n) is 5.38. The summed E-state index contributed by atoms with van der Waals surface area (Å²) in [4.78, 5) is 10.4. The van der Waals surface area contributed by atoms with Crippen molar-refractivity contribution in [3.8, 4) is 11.3 Å². The Morgan fingerprint density at radius 2 is 1.79 bits per heavy atom. The van der Waals surface area contributed by atoms with Crippen molar-refractivity contribution in [1.29, 1.82) is 0 Å². The maximum Gasteiger partial charge on any atom is 0.123 e. The summed E-state index contributed by atoms with van der Waals surface area (Å²) in [6, 6.07) is 8.73. The number of nitrogens with two attached hydrogens (primary N) is 1. The van der Waals surface area contributed by atoms with Gasteiger partial charge in [-0.05, 0) is 50.3 Å². The van der Waals surface area contributed by atoms with Crippen LogP contribution in [0.5, 0.6) is 0 Å². The Kier molecular flexibility index (Phi) is 5.56. The molecule has 0 saturated heterocycles. The molecule has 130 valence electrons. The van der Waals surface area contributed by atoms with Crippen molar-refractivity contribution in [2.75, 3.05) is 18.0 Å². The fraction of sp³-hybridized carbons (Fsp3) is 0.550. The highest BCUT2D eigenvalue weighted by molar-refractivity contribution is 5.62. The van der Waals surface area contributed by atoms with Crippen LogP contribution in [0, 0.1) is 5.92 Å². The topological polar surface area (TPSA) is 57.9 Å². The van der Waals surface area contributed by atoms with E-state index < -0.39 is 0 Å². The van der Waals surface area contributed by atoms with Gasteiger partial charge in [-0.2, -0.15) is 0 Å². The lowest BCUT2D eigenvalue weighted by Gasteiger charge is -2.26.